The molecule has 142 valence electrons. The van der Waals surface area contributed by atoms with Gasteiger partial charge < -0.3 is 20.1 Å². The molecule has 0 aliphatic heterocycles. The van der Waals surface area contributed by atoms with Crippen LogP contribution in [0.15, 0.2) is 30.3 Å². The van der Waals surface area contributed by atoms with Gasteiger partial charge in [0.15, 0.2) is 0 Å². The quantitative estimate of drug-likeness (QED) is 0.572. The molecule has 9 nitrogen and oxygen atoms in total. The number of non-ortho nitro benzene ring substituents is 1. The molecule has 10 heteroatoms. The number of nitro benzene ring substituents is 1. The number of halogens is 1. The highest BCUT2D eigenvalue weighted by molar-refractivity contribution is 6.34. The average Bonchev–Trinajstić information content (AvgIpc) is 2.62. The molecule has 2 N–H and O–H groups in total. The Labute approximate surface area is 159 Å². The van der Waals surface area contributed by atoms with Crippen LogP contribution in [0.4, 0.5) is 17.1 Å². The zero-order valence-electron chi connectivity index (χ0n) is 14.7. The summed E-state index contributed by atoms with van der Waals surface area (Å²) in [5, 5.41) is 16.1. The van der Waals surface area contributed by atoms with Crippen LogP contribution < -0.4 is 20.1 Å². The second-order valence-electron chi connectivity index (χ2n) is 5.31. The van der Waals surface area contributed by atoms with Crippen LogP contribution in [-0.4, -0.2) is 31.0 Å². The zero-order valence-corrected chi connectivity index (χ0v) is 15.4. The zero-order chi connectivity index (χ0) is 20.1. The van der Waals surface area contributed by atoms with E-state index in [4.69, 9.17) is 21.1 Å². The lowest BCUT2D eigenvalue weighted by atomic mass is 10.1. The number of nitrogens with zero attached hydrogens (tertiary/aromatic N) is 1. The summed E-state index contributed by atoms with van der Waals surface area (Å²) in [6.07, 6.45) is 0. The Kier molecular flexibility index (Phi) is 6.19. The monoisotopic (exact) mass is 393 g/mol. The van der Waals surface area contributed by atoms with E-state index < -0.39 is 10.8 Å². The minimum Gasteiger partial charge on any atom is -0.496 e. The minimum atomic E-state index is -0.574. The molecule has 0 bridgehead atoms. The van der Waals surface area contributed by atoms with Crippen LogP contribution in [0, 0.1) is 10.1 Å². The molecule has 2 aromatic rings. The van der Waals surface area contributed by atoms with Gasteiger partial charge >= 0.3 is 0 Å². The molecule has 0 saturated carbocycles. The van der Waals surface area contributed by atoms with Gasteiger partial charge in [-0.25, -0.2) is 0 Å². The number of carbonyl (C=O) groups excluding carboxylic acids is 2. The van der Waals surface area contributed by atoms with E-state index >= 15 is 0 Å². The third-order valence-electron chi connectivity index (χ3n) is 3.49. The summed E-state index contributed by atoms with van der Waals surface area (Å²) in [6.45, 7) is 1.32. The Morgan fingerprint density at radius 3 is 2.26 bits per heavy atom. The molecule has 0 aromatic heterocycles. The fourth-order valence-corrected chi connectivity index (χ4v) is 2.48. The first-order valence-electron chi connectivity index (χ1n) is 7.55. The van der Waals surface area contributed by atoms with E-state index in [-0.39, 0.29) is 39.4 Å². The van der Waals surface area contributed by atoms with E-state index in [1.165, 1.54) is 51.5 Å². The van der Waals surface area contributed by atoms with Crippen molar-refractivity contribution in [2.75, 3.05) is 24.9 Å². The van der Waals surface area contributed by atoms with Crippen molar-refractivity contribution in [3.8, 4) is 11.5 Å². The first-order chi connectivity index (χ1) is 12.8. The van der Waals surface area contributed by atoms with Crippen LogP contribution in [0.5, 0.6) is 11.5 Å². The summed E-state index contributed by atoms with van der Waals surface area (Å²) < 4.78 is 10.3. The topological polar surface area (TPSA) is 120 Å². The number of hydrogen-bond donors (Lipinski definition) is 2. The molecule has 0 unspecified atom stereocenters. The van der Waals surface area contributed by atoms with Gasteiger partial charge in [-0.05, 0) is 12.1 Å². The number of methoxy groups -OCH3 is 2. The molecule has 0 fully saturated rings. The van der Waals surface area contributed by atoms with Crippen molar-refractivity contribution in [2.45, 2.75) is 6.92 Å². The number of hydrogen-bond acceptors (Lipinski definition) is 6. The molecule has 0 aliphatic rings. The smallest absolute Gasteiger partial charge is 0.273 e. The second-order valence-corrected chi connectivity index (χ2v) is 5.72. The molecule has 27 heavy (non-hydrogen) atoms. The molecule has 2 aromatic carbocycles. The van der Waals surface area contributed by atoms with Crippen LogP contribution >= 0.6 is 11.6 Å². The van der Waals surface area contributed by atoms with E-state index in [0.717, 1.165) is 0 Å². The molecule has 0 spiro atoms. The van der Waals surface area contributed by atoms with E-state index in [0.29, 0.717) is 5.69 Å². The number of anilines is 2. The molecule has 0 aliphatic carbocycles. The highest BCUT2D eigenvalue weighted by Gasteiger charge is 2.19. The maximum absolute atomic E-state index is 12.6. The second kappa shape index (κ2) is 8.37. The Hall–Kier alpha value is -3.33. The number of rotatable bonds is 6. The molecule has 0 heterocycles. The van der Waals surface area contributed by atoms with Crippen LogP contribution in [0.1, 0.15) is 17.3 Å². The fraction of sp³-hybridized carbons (Fsp3) is 0.176. The van der Waals surface area contributed by atoms with Gasteiger partial charge in [-0.15, -0.1) is 0 Å². The van der Waals surface area contributed by atoms with Gasteiger partial charge in [0.25, 0.3) is 11.6 Å². The van der Waals surface area contributed by atoms with Crippen molar-refractivity contribution in [2.24, 2.45) is 0 Å². The van der Waals surface area contributed by atoms with Gasteiger partial charge in [0.05, 0.1) is 47.2 Å². The van der Waals surface area contributed by atoms with Crippen molar-refractivity contribution in [3.63, 3.8) is 0 Å². The SMILES string of the molecule is COc1cc([N+](=O)[O-])ccc1NC(=O)c1cc(Cl)c(NC(C)=O)cc1OC. The highest BCUT2D eigenvalue weighted by Crippen LogP contribution is 2.33. The number of amides is 2. The third-order valence-corrected chi connectivity index (χ3v) is 3.80. The number of nitrogens with one attached hydrogen (secondary N) is 2. The maximum Gasteiger partial charge on any atom is 0.273 e. The normalized spacial score (nSPS) is 10.1. The molecular weight excluding hydrogens is 378 g/mol. The standard InChI is InChI=1S/C17H16ClN3O6/c1-9(22)19-14-8-15(26-2)11(7-12(14)18)17(23)20-13-5-4-10(21(24)25)6-16(13)27-3/h4-8H,1-3H3,(H,19,22)(H,20,23). The molecule has 0 radical (unpaired) electrons. The number of carbonyl (C=O) groups is 2. The van der Waals surface area contributed by atoms with Crippen LogP contribution in [0.25, 0.3) is 0 Å². The van der Waals surface area contributed by atoms with Crippen molar-refractivity contribution in [1.29, 1.82) is 0 Å². The van der Waals surface area contributed by atoms with Crippen molar-refractivity contribution in [1.82, 2.24) is 0 Å². The van der Waals surface area contributed by atoms with Crippen LogP contribution in [0.2, 0.25) is 5.02 Å². The summed E-state index contributed by atoms with van der Waals surface area (Å²) in [6, 6.07) is 6.56. The lowest BCUT2D eigenvalue weighted by Crippen LogP contribution is -2.15. The summed E-state index contributed by atoms with van der Waals surface area (Å²) in [5.74, 6) is -0.596. The average molecular weight is 394 g/mol. The number of ether oxygens (including phenoxy) is 2. The van der Waals surface area contributed by atoms with Gasteiger partial charge in [-0.1, -0.05) is 11.6 Å². The Balaban J connectivity index is 2.37. The van der Waals surface area contributed by atoms with Crippen molar-refractivity contribution in [3.05, 3.63) is 51.0 Å². The predicted octanol–water partition coefficient (Wildman–Crippen LogP) is 3.48. The molecule has 0 saturated heterocycles. The lowest BCUT2D eigenvalue weighted by Gasteiger charge is -2.14. The summed E-state index contributed by atoms with van der Waals surface area (Å²) in [5.41, 5.74) is 0.463. The van der Waals surface area contributed by atoms with Gasteiger partial charge in [-0.3, -0.25) is 19.7 Å². The molecule has 2 amide bonds. The van der Waals surface area contributed by atoms with E-state index in [2.05, 4.69) is 10.6 Å². The summed E-state index contributed by atoms with van der Waals surface area (Å²) in [7, 11) is 2.69. The Morgan fingerprint density at radius 1 is 1.04 bits per heavy atom. The first-order valence-corrected chi connectivity index (χ1v) is 7.93. The highest BCUT2D eigenvalue weighted by atomic mass is 35.5. The van der Waals surface area contributed by atoms with Gasteiger partial charge in [-0.2, -0.15) is 0 Å². The third kappa shape index (κ3) is 4.64. The van der Waals surface area contributed by atoms with E-state index in [9.17, 15) is 19.7 Å². The lowest BCUT2D eigenvalue weighted by molar-refractivity contribution is -0.384. The van der Waals surface area contributed by atoms with Gasteiger partial charge in [0.2, 0.25) is 5.91 Å². The minimum absolute atomic E-state index is 0.108. The maximum atomic E-state index is 12.6. The molecule has 0 atom stereocenters. The van der Waals surface area contributed by atoms with E-state index in [1.54, 1.807) is 0 Å². The summed E-state index contributed by atoms with van der Waals surface area (Å²) in [4.78, 5) is 34.1. The summed E-state index contributed by atoms with van der Waals surface area (Å²) >= 11 is 6.11. The Morgan fingerprint density at radius 2 is 1.70 bits per heavy atom. The molecule has 2 rings (SSSR count). The fourth-order valence-electron chi connectivity index (χ4n) is 2.27. The number of nitro groups is 1. The molecular formula is C17H16ClN3O6. The van der Waals surface area contributed by atoms with Crippen LogP contribution in [0.3, 0.4) is 0 Å². The first kappa shape index (κ1) is 20.0. The van der Waals surface area contributed by atoms with Crippen LogP contribution in [-0.2, 0) is 4.79 Å². The largest absolute Gasteiger partial charge is 0.496 e. The number of benzene rings is 2. The van der Waals surface area contributed by atoms with E-state index in [1.807, 2.05) is 0 Å². The predicted molar refractivity (Wildman–Crippen MR) is 99.9 cm³/mol. The van der Waals surface area contributed by atoms with Crippen molar-refractivity contribution >= 4 is 40.5 Å². The Bertz CT molecular complexity index is 916. The van der Waals surface area contributed by atoms with Crippen molar-refractivity contribution < 1.29 is 24.0 Å². The van der Waals surface area contributed by atoms with Gasteiger partial charge in [0, 0.05) is 19.1 Å². The van der Waals surface area contributed by atoms with Gasteiger partial charge in [0.1, 0.15) is 11.5 Å².